The summed E-state index contributed by atoms with van der Waals surface area (Å²) in [5, 5.41) is 1.11. The molecule has 23 heavy (non-hydrogen) atoms. The zero-order chi connectivity index (χ0) is 16.1. The number of nitrogens with zero attached hydrogens (tertiary/aromatic N) is 1. The number of hydrogen-bond acceptors (Lipinski definition) is 4. The molecule has 116 valence electrons. The highest BCUT2D eigenvalue weighted by Crippen LogP contribution is 2.19. The van der Waals surface area contributed by atoms with Crippen LogP contribution >= 0.6 is 0 Å². The standard InChI is InChI=1S/C19H17NO3/c1-2-19(21)23-17-11-9-16(10-12-17)22-13-15-8-7-14-5-3-4-6-18(14)20-15/h3-12H,2,13H2,1H3. The van der Waals surface area contributed by atoms with Crippen molar-refractivity contribution in [3.8, 4) is 11.5 Å². The molecule has 0 aliphatic heterocycles. The topological polar surface area (TPSA) is 48.4 Å². The second-order valence-corrected chi connectivity index (χ2v) is 5.08. The van der Waals surface area contributed by atoms with Gasteiger partial charge in [-0.05, 0) is 36.4 Å². The molecule has 2 aromatic carbocycles. The average Bonchev–Trinajstić information content (AvgIpc) is 2.61. The molecule has 4 heteroatoms. The Hall–Kier alpha value is -2.88. The van der Waals surface area contributed by atoms with Crippen LogP contribution in [0.5, 0.6) is 11.5 Å². The minimum Gasteiger partial charge on any atom is -0.487 e. The molecule has 0 unspecified atom stereocenters. The van der Waals surface area contributed by atoms with Crippen LogP contribution in [0, 0.1) is 0 Å². The van der Waals surface area contributed by atoms with E-state index in [-0.39, 0.29) is 5.97 Å². The summed E-state index contributed by atoms with van der Waals surface area (Å²) in [6.45, 7) is 2.15. The van der Waals surface area contributed by atoms with Crippen LogP contribution in [0.1, 0.15) is 19.0 Å². The average molecular weight is 307 g/mol. The molecule has 0 fully saturated rings. The molecule has 0 amide bonds. The highest BCUT2D eigenvalue weighted by atomic mass is 16.5. The van der Waals surface area contributed by atoms with E-state index in [2.05, 4.69) is 4.98 Å². The third kappa shape index (κ3) is 3.86. The highest BCUT2D eigenvalue weighted by molar-refractivity contribution is 5.78. The van der Waals surface area contributed by atoms with Gasteiger partial charge in [-0.25, -0.2) is 4.98 Å². The number of benzene rings is 2. The maximum atomic E-state index is 11.2. The van der Waals surface area contributed by atoms with Gasteiger partial charge in [0.15, 0.2) is 0 Å². The van der Waals surface area contributed by atoms with Gasteiger partial charge >= 0.3 is 5.97 Å². The fraction of sp³-hybridized carbons (Fsp3) is 0.158. The number of hydrogen-bond donors (Lipinski definition) is 0. The Morgan fingerprint density at radius 3 is 2.48 bits per heavy atom. The summed E-state index contributed by atoms with van der Waals surface area (Å²) < 4.78 is 10.8. The molecule has 1 aromatic heterocycles. The fourth-order valence-electron chi connectivity index (χ4n) is 2.15. The molecule has 1 heterocycles. The molecular formula is C19H17NO3. The zero-order valence-electron chi connectivity index (χ0n) is 12.9. The van der Waals surface area contributed by atoms with Crippen molar-refractivity contribution in [2.75, 3.05) is 0 Å². The van der Waals surface area contributed by atoms with Crippen molar-refractivity contribution in [2.45, 2.75) is 20.0 Å². The zero-order valence-corrected chi connectivity index (χ0v) is 12.9. The lowest BCUT2D eigenvalue weighted by Gasteiger charge is -2.08. The van der Waals surface area contributed by atoms with Crippen molar-refractivity contribution in [1.29, 1.82) is 0 Å². The maximum Gasteiger partial charge on any atom is 0.310 e. The molecule has 0 radical (unpaired) electrons. The Balaban J connectivity index is 1.63. The molecular weight excluding hydrogens is 290 g/mol. The van der Waals surface area contributed by atoms with E-state index in [0.717, 1.165) is 16.6 Å². The third-order valence-electron chi connectivity index (χ3n) is 3.39. The van der Waals surface area contributed by atoms with Crippen molar-refractivity contribution in [3.05, 3.63) is 66.4 Å². The second kappa shape index (κ2) is 6.92. The van der Waals surface area contributed by atoms with E-state index in [1.807, 2.05) is 36.4 Å². The number of rotatable bonds is 5. The van der Waals surface area contributed by atoms with Crippen molar-refractivity contribution < 1.29 is 14.3 Å². The summed E-state index contributed by atoms with van der Waals surface area (Å²) >= 11 is 0. The maximum absolute atomic E-state index is 11.2. The number of esters is 1. The summed E-state index contributed by atoms with van der Waals surface area (Å²) in [5.41, 5.74) is 1.82. The first-order valence-electron chi connectivity index (χ1n) is 7.53. The normalized spacial score (nSPS) is 10.5. The Morgan fingerprint density at radius 1 is 0.957 bits per heavy atom. The second-order valence-electron chi connectivity index (χ2n) is 5.08. The molecule has 3 rings (SSSR count). The van der Waals surface area contributed by atoms with Crippen LogP contribution in [0.25, 0.3) is 10.9 Å². The first-order chi connectivity index (χ1) is 11.2. The van der Waals surface area contributed by atoms with E-state index in [4.69, 9.17) is 9.47 Å². The van der Waals surface area contributed by atoms with E-state index in [1.165, 1.54) is 0 Å². The smallest absolute Gasteiger partial charge is 0.310 e. The minimum atomic E-state index is -0.251. The quantitative estimate of drug-likeness (QED) is 0.525. The van der Waals surface area contributed by atoms with Crippen molar-refractivity contribution >= 4 is 16.9 Å². The summed E-state index contributed by atoms with van der Waals surface area (Å²) in [5.74, 6) is 0.975. The van der Waals surface area contributed by atoms with Crippen LogP contribution < -0.4 is 9.47 Å². The third-order valence-corrected chi connectivity index (χ3v) is 3.39. The number of para-hydroxylation sites is 1. The van der Waals surface area contributed by atoms with Crippen molar-refractivity contribution in [2.24, 2.45) is 0 Å². The number of carbonyl (C=O) groups is 1. The Labute approximate surface area is 134 Å². The first kappa shape index (κ1) is 15.0. The lowest BCUT2D eigenvalue weighted by molar-refractivity contribution is -0.134. The first-order valence-corrected chi connectivity index (χ1v) is 7.53. The summed E-state index contributed by atoms with van der Waals surface area (Å²) in [6.07, 6.45) is 0.353. The van der Waals surface area contributed by atoms with Crippen LogP contribution in [0.3, 0.4) is 0 Å². The van der Waals surface area contributed by atoms with Gasteiger partial charge < -0.3 is 9.47 Å². The van der Waals surface area contributed by atoms with E-state index < -0.39 is 0 Å². The molecule has 3 aromatic rings. The predicted octanol–water partition coefficient (Wildman–Crippen LogP) is 4.13. The van der Waals surface area contributed by atoms with Crippen LogP contribution in [0.2, 0.25) is 0 Å². The van der Waals surface area contributed by atoms with E-state index in [9.17, 15) is 4.79 Å². The molecule has 0 saturated carbocycles. The molecule has 0 saturated heterocycles. The van der Waals surface area contributed by atoms with E-state index in [1.54, 1.807) is 31.2 Å². The number of aromatic nitrogens is 1. The van der Waals surface area contributed by atoms with Gasteiger partial charge in [0.05, 0.1) is 11.2 Å². The fourth-order valence-corrected chi connectivity index (χ4v) is 2.15. The number of carbonyl (C=O) groups excluding carboxylic acids is 1. The molecule has 0 bridgehead atoms. The monoisotopic (exact) mass is 307 g/mol. The van der Waals surface area contributed by atoms with Crippen LogP contribution in [0.15, 0.2) is 60.7 Å². The van der Waals surface area contributed by atoms with Gasteiger partial charge in [0, 0.05) is 11.8 Å². The lowest BCUT2D eigenvalue weighted by Crippen LogP contribution is -2.05. The van der Waals surface area contributed by atoms with Crippen molar-refractivity contribution in [1.82, 2.24) is 4.98 Å². The minimum absolute atomic E-state index is 0.251. The summed E-state index contributed by atoms with van der Waals surface area (Å²) in [6, 6.07) is 19.0. The molecule has 0 spiro atoms. The summed E-state index contributed by atoms with van der Waals surface area (Å²) in [4.78, 5) is 15.8. The highest BCUT2D eigenvalue weighted by Gasteiger charge is 2.03. The number of fused-ring (bicyclic) bond motifs is 1. The molecule has 0 aliphatic carbocycles. The largest absolute Gasteiger partial charge is 0.487 e. The molecule has 0 aliphatic rings. The Bertz CT molecular complexity index is 812. The van der Waals surface area contributed by atoms with Crippen LogP contribution in [-0.4, -0.2) is 11.0 Å². The molecule has 0 N–H and O–H groups in total. The molecule has 0 atom stereocenters. The van der Waals surface area contributed by atoms with Gasteiger partial charge in [-0.1, -0.05) is 31.2 Å². The Kier molecular flexibility index (Phi) is 4.52. The van der Waals surface area contributed by atoms with Gasteiger partial charge in [-0.15, -0.1) is 0 Å². The number of ether oxygens (including phenoxy) is 2. The molecule has 4 nitrogen and oxygen atoms in total. The Morgan fingerprint density at radius 2 is 1.70 bits per heavy atom. The van der Waals surface area contributed by atoms with E-state index >= 15 is 0 Å². The number of pyridine rings is 1. The van der Waals surface area contributed by atoms with Gasteiger partial charge in [-0.2, -0.15) is 0 Å². The van der Waals surface area contributed by atoms with Gasteiger partial charge in [0.2, 0.25) is 0 Å². The SMILES string of the molecule is CCC(=O)Oc1ccc(OCc2ccc3ccccc3n2)cc1. The summed E-state index contributed by atoms with van der Waals surface area (Å²) in [7, 11) is 0. The van der Waals surface area contributed by atoms with Gasteiger partial charge in [0.25, 0.3) is 0 Å². The van der Waals surface area contributed by atoms with Crippen LogP contribution in [0.4, 0.5) is 0 Å². The van der Waals surface area contributed by atoms with Crippen molar-refractivity contribution in [3.63, 3.8) is 0 Å². The van der Waals surface area contributed by atoms with Gasteiger partial charge in [0.1, 0.15) is 18.1 Å². The predicted molar refractivity (Wildman–Crippen MR) is 88.4 cm³/mol. The van der Waals surface area contributed by atoms with Crippen LogP contribution in [-0.2, 0) is 11.4 Å². The lowest BCUT2D eigenvalue weighted by atomic mass is 10.2. The van der Waals surface area contributed by atoms with E-state index in [0.29, 0.717) is 24.5 Å². The van der Waals surface area contributed by atoms with Gasteiger partial charge in [-0.3, -0.25) is 4.79 Å².